The van der Waals surface area contributed by atoms with Gasteiger partial charge in [0.2, 0.25) is 5.91 Å². The maximum absolute atomic E-state index is 11.1. The first kappa shape index (κ1) is 10.5. The summed E-state index contributed by atoms with van der Waals surface area (Å²) in [5.74, 6) is 0.102. The molecule has 0 spiro atoms. The zero-order valence-corrected chi connectivity index (χ0v) is 8.36. The van der Waals surface area contributed by atoms with Crippen LogP contribution in [-0.4, -0.2) is 45.5 Å². The Morgan fingerprint density at radius 1 is 1.46 bits per heavy atom. The monoisotopic (exact) mass is 206 g/mol. The molecule has 1 amide bonds. The summed E-state index contributed by atoms with van der Waals surface area (Å²) in [7, 11) is -1.06. The van der Waals surface area contributed by atoms with Gasteiger partial charge in [0, 0.05) is 13.0 Å². The second-order valence-electron chi connectivity index (χ2n) is 3.19. The van der Waals surface area contributed by atoms with E-state index in [4.69, 9.17) is 0 Å². The molecule has 6 heteroatoms. The molecule has 0 unspecified atom stereocenters. The van der Waals surface area contributed by atoms with Crippen molar-refractivity contribution in [2.75, 3.05) is 25.1 Å². The molecule has 0 aliphatic carbocycles. The fourth-order valence-electron chi connectivity index (χ4n) is 1.19. The van der Waals surface area contributed by atoms with E-state index >= 15 is 0 Å². The maximum atomic E-state index is 11.1. The van der Waals surface area contributed by atoms with Crippen molar-refractivity contribution in [3.63, 3.8) is 0 Å². The van der Waals surface area contributed by atoms with Crippen molar-refractivity contribution in [1.29, 1.82) is 0 Å². The molecule has 76 valence electrons. The summed E-state index contributed by atoms with van der Waals surface area (Å²) < 4.78 is 21.5. The summed E-state index contributed by atoms with van der Waals surface area (Å²) in [5.41, 5.74) is 0. The van der Waals surface area contributed by atoms with E-state index in [9.17, 15) is 13.2 Å². The predicted molar refractivity (Wildman–Crippen MR) is 49.1 cm³/mol. The van der Waals surface area contributed by atoms with E-state index in [0.29, 0.717) is 13.0 Å². The number of hydrogen-bond acceptors (Lipinski definition) is 4. The average Bonchev–Trinajstić information content (AvgIpc) is 1.97. The molecule has 1 heterocycles. The van der Waals surface area contributed by atoms with Crippen LogP contribution in [0.1, 0.15) is 6.42 Å². The third kappa shape index (κ3) is 3.31. The van der Waals surface area contributed by atoms with Gasteiger partial charge in [-0.1, -0.05) is 0 Å². The van der Waals surface area contributed by atoms with Crippen molar-refractivity contribution in [3.8, 4) is 0 Å². The Labute approximate surface area is 77.8 Å². The molecule has 2 N–H and O–H groups in total. The van der Waals surface area contributed by atoms with Crippen LogP contribution in [-0.2, 0) is 14.6 Å². The standard InChI is InChI=1S/C7H14N2O3S/c1-8-3-2-7(10)9-6-4-13(11,12)5-6/h6,8H,2-5H2,1H3,(H,9,10). The van der Waals surface area contributed by atoms with Crippen molar-refractivity contribution >= 4 is 15.7 Å². The first-order valence-corrected chi connectivity index (χ1v) is 6.00. The van der Waals surface area contributed by atoms with Crippen molar-refractivity contribution in [3.05, 3.63) is 0 Å². The summed E-state index contributed by atoms with van der Waals surface area (Å²) >= 11 is 0. The van der Waals surface area contributed by atoms with Crippen molar-refractivity contribution in [1.82, 2.24) is 10.6 Å². The van der Waals surface area contributed by atoms with E-state index in [2.05, 4.69) is 10.6 Å². The summed E-state index contributed by atoms with van der Waals surface area (Å²) in [6, 6.07) is -0.158. The fourth-order valence-corrected chi connectivity index (χ4v) is 2.48. The number of hydrogen-bond donors (Lipinski definition) is 2. The highest BCUT2D eigenvalue weighted by atomic mass is 32.2. The minimum absolute atomic E-state index is 0.0887. The minimum atomic E-state index is -2.83. The van der Waals surface area contributed by atoms with Crippen LogP contribution in [0.4, 0.5) is 0 Å². The Bertz CT molecular complexity index is 274. The number of carbonyl (C=O) groups is 1. The summed E-state index contributed by atoms with van der Waals surface area (Å²) in [4.78, 5) is 11.1. The summed E-state index contributed by atoms with van der Waals surface area (Å²) in [6.07, 6.45) is 0.396. The van der Waals surface area contributed by atoms with Crippen LogP contribution in [0.25, 0.3) is 0 Å². The molecule has 0 aromatic carbocycles. The molecule has 5 nitrogen and oxygen atoms in total. The van der Waals surface area contributed by atoms with Gasteiger partial charge in [-0.3, -0.25) is 4.79 Å². The predicted octanol–water partition coefficient (Wildman–Crippen LogP) is -1.49. The lowest BCUT2D eigenvalue weighted by Crippen LogP contribution is -2.53. The average molecular weight is 206 g/mol. The third-order valence-electron chi connectivity index (χ3n) is 1.88. The Balaban J connectivity index is 2.17. The second kappa shape index (κ2) is 4.06. The van der Waals surface area contributed by atoms with Crippen molar-refractivity contribution in [2.45, 2.75) is 12.5 Å². The topological polar surface area (TPSA) is 75.3 Å². The van der Waals surface area contributed by atoms with Crippen LogP contribution in [0.3, 0.4) is 0 Å². The molecule has 1 rings (SSSR count). The lowest BCUT2D eigenvalue weighted by molar-refractivity contribution is -0.121. The number of sulfone groups is 1. The Morgan fingerprint density at radius 2 is 2.08 bits per heavy atom. The van der Waals surface area contributed by atoms with Gasteiger partial charge in [-0.2, -0.15) is 0 Å². The molecular weight excluding hydrogens is 192 g/mol. The lowest BCUT2D eigenvalue weighted by Gasteiger charge is -2.26. The molecule has 0 bridgehead atoms. The smallest absolute Gasteiger partial charge is 0.221 e. The van der Waals surface area contributed by atoms with Gasteiger partial charge < -0.3 is 10.6 Å². The molecule has 1 fully saturated rings. The van der Waals surface area contributed by atoms with E-state index in [1.165, 1.54) is 0 Å². The Kier molecular flexibility index (Phi) is 3.27. The van der Waals surface area contributed by atoms with Crippen LogP contribution in [0.2, 0.25) is 0 Å². The van der Waals surface area contributed by atoms with Crippen LogP contribution in [0, 0.1) is 0 Å². The quantitative estimate of drug-likeness (QED) is 0.587. The Morgan fingerprint density at radius 3 is 2.54 bits per heavy atom. The highest BCUT2D eigenvalue weighted by Gasteiger charge is 2.33. The summed E-state index contributed by atoms with van der Waals surface area (Å²) in [6.45, 7) is 0.616. The zero-order chi connectivity index (χ0) is 9.90. The highest BCUT2D eigenvalue weighted by Crippen LogP contribution is 2.09. The normalized spacial score (nSPS) is 20.7. The van der Waals surface area contributed by atoms with E-state index in [1.54, 1.807) is 7.05 Å². The van der Waals surface area contributed by atoms with Gasteiger partial charge in [0.1, 0.15) is 0 Å². The molecule has 1 saturated heterocycles. The number of carbonyl (C=O) groups excluding carboxylic acids is 1. The second-order valence-corrected chi connectivity index (χ2v) is 5.35. The van der Waals surface area contributed by atoms with Crippen LogP contribution in [0.15, 0.2) is 0 Å². The van der Waals surface area contributed by atoms with Gasteiger partial charge in [-0.05, 0) is 7.05 Å². The van der Waals surface area contributed by atoms with Crippen molar-refractivity contribution in [2.24, 2.45) is 0 Å². The zero-order valence-electron chi connectivity index (χ0n) is 7.54. The first-order valence-electron chi connectivity index (χ1n) is 4.18. The van der Waals surface area contributed by atoms with Crippen LogP contribution >= 0.6 is 0 Å². The van der Waals surface area contributed by atoms with Gasteiger partial charge in [-0.15, -0.1) is 0 Å². The molecule has 0 saturated carbocycles. The molecule has 1 aliphatic heterocycles. The van der Waals surface area contributed by atoms with E-state index in [-0.39, 0.29) is 23.5 Å². The van der Waals surface area contributed by atoms with E-state index in [1.807, 2.05) is 0 Å². The third-order valence-corrected chi connectivity index (χ3v) is 3.70. The SMILES string of the molecule is CNCCC(=O)NC1CS(=O)(=O)C1. The molecular formula is C7H14N2O3S. The molecule has 1 aliphatic rings. The van der Waals surface area contributed by atoms with Gasteiger partial charge in [0.05, 0.1) is 17.5 Å². The van der Waals surface area contributed by atoms with Gasteiger partial charge in [0.15, 0.2) is 9.84 Å². The van der Waals surface area contributed by atoms with Gasteiger partial charge in [0.25, 0.3) is 0 Å². The largest absolute Gasteiger partial charge is 0.351 e. The molecule has 0 aromatic heterocycles. The molecule has 0 aromatic rings. The van der Waals surface area contributed by atoms with Gasteiger partial charge >= 0.3 is 0 Å². The van der Waals surface area contributed by atoms with Crippen molar-refractivity contribution < 1.29 is 13.2 Å². The summed E-state index contributed by atoms with van der Waals surface area (Å²) in [5, 5.41) is 5.49. The van der Waals surface area contributed by atoms with E-state index in [0.717, 1.165) is 0 Å². The first-order chi connectivity index (χ1) is 6.03. The minimum Gasteiger partial charge on any atom is -0.351 e. The molecule has 13 heavy (non-hydrogen) atoms. The fraction of sp³-hybridized carbons (Fsp3) is 0.857. The lowest BCUT2D eigenvalue weighted by atomic mass is 10.3. The van der Waals surface area contributed by atoms with Crippen LogP contribution in [0.5, 0.6) is 0 Å². The van der Waals surface area contributed by atoms with E-state index < -0.39 is 9.84 Å². The number of nitrogens with one attached hydrogen (secondary N) is 2. The maximum Gasteiger partial charge on any atom is 0.221 e. The van der Waals surface area contributed by atoms with Gasteiger partial charge in [-0.25, -0.2) is 8.42 Å². The number of rotatable bonds is 4. The molecule has 0 atom stereocenters. The number of amides is 1. The Hall–Kier alpha value is -0.620. The molecule has 0 radical (unpaired) electrons. The highest BCUT2D eigenvalue weighted by molar-refractivity contribution is 7.92. The van der Waals surface area contributed by atoms with Crippen LogP contribution < -0.4 is 10.6 Å².